The van der Waals surface area contributed by atoms with Crippen molar-refractivity contribution in [2.24, 2.45) is 9.98 Å². The van der Waals surface area contributed by atoms with Crippen molar-refractivity contribution >= 4 is 40.1 Å². The van der Waals surface area contributed by atoms with Gasteiger partial charge in [-0.3, -0.25) is 0 Å². The van der Waals surface area contributed by atoms with E-state index in [-0.39, 0.29) is 12.3 Å². The minimum atomic E-state index is -0.254. The lowest BCUT2D eigenvalue weighted by Crippen LogP contribution is -2.33. The van der Waals surface area contributed by atoms with Gasteiger partial charge in [0.25, 0.3) is 0 Å². The van der Waals surface area contributed by atoms with Gasteiger partial charge in [0.1, 0.15) is 18.2 Å². The highest BCUT2D eigenvalue weighted by Crippen LogP contribution is 2.43. The van der Waals surface area contributed by atoms with E-state index in [1.165, 1.54) is 0 Å². The first kappa shape index (κ1) is 32.8. The number of fused-ring (bicyclic) bond motifs is 1. The summed E-state index contributed by atoms with van der Waals surface area (Å²) in [6.07, 6.45) is -0.157. The number of nitrogens with one attached hydrogen (secondary N) is 2. The van der Waals surface area contributed by atoms with Crippen LogP contribution < -0.4 is 27.0 Å². The van der Waals surface area contributed by atoms with Crippen LogP contribution in [-0.2, 0) is 0 Å². The molecule has 0 saturated carbocycles. The summed E-state index contributed by atoms with van der Waals surface area (Å²) in [6.45, 7) is 2.18. The van der Waals surface area contributed by atoms with Crippen LogP contribution in [0.5, 0.6) is 0 Å². The van der Waals surface area contributed by atoms with E-state index in [2.05, 4.69) is 126 Å². The second-order valence-electron chi connectivity index (χ2n) is 13.7. The Labute approximate surface area is 315 Å². The molecule has 2 unspecified atom stereocenters. The Bertz CT molecular complexity index is 2510. The Balaban J connectivity index is 1.01. The molecule has 2 aliphatic heterocycles. The van der Waals surface area contributed by atoms with Crippen LogP contribution in [-0.4, -0.2) is 17.8 Å². The van der Waals surface area contributed by atoms with Gasteiger partial charge in [0, 0.05) is 28.2 Å². The Kier molecular flexibility index (Phi) is 8.36. The molecule has 0 saturated heterocycles. The first-order valence-electron chi connectivity index (χ1n) is 18.2. The Morgan fingerprint density at radius 3 is 1.87 bits per heavy atom. The zero-order valence-corrected chi connectivity index (χ0v) is 29.8. The average Bonchev–Trinajstić information content (AvgIpc) is 3.56. The van der Waals surface area contributed by atoms with Crippen LogP contribution in [0.4, 0.5) is 28.4 Å². The van der Waals surface area contributed by atoms with Gasteiger partial charge in [0.05, 0.1) is 11.4 Å². The summed E-state index contributed by atoms with van der Waals surface area (Å²) in [7, 11) is 0. The molecule has 0 aromatic heterocycles. The van der Waals surface area contributed by atoms with Crippen molar-refractivity contribution in [3.63, 3.8) is 0 Å². The van der Waals surface area contributed by atoms with E-state index in [1.54, 1.807) is 0 Å². The van der Waals surface area contributed by atoms with Crippen molar-refractivity contribution in [2.75, 3.05) is 21.7 Å². The summed E-state index contributed by atoms with van der Waals surface area (Å²) >= 11 is 0. The zero-order chi connectivity index (χ0) is 36.6. The number of anilines is 5. The van der Waals surface area contributed by atoms with E-state index in [0.29, 0.717) is 11.5 Å². The summed E-state index contributed by atoms with van der Waals surface area (Å²) in [4.78, 5) is 12.3. The first-order valence-corrected chi connectivity index (χ1v) is 18.2. The molecular formula is C47H39N7. The molecule has 9 rings (SSSR count). The SMILES string of the molecule is CC1Nc2ccc(-c3ccc(N)cc3)cc2N1c1ccc(-c2ccc(N)cc2-c2ccc(C3=NC(c4ccccc4)=NC(c4ccccc4)N3)cc2)cc1. The molecule has 2 aliphatic rings. The number of hydrogen-bond donors (Lipinski definition) is 4. The third kappa shape index (κ3) is 6.33. The minimum Gasteiger partial charge on any atom is -0.399 e. The quantitative estimate of drug-likeness (QED) is 0.124. The lowest BCUT2D eigenvalue weighted by Gasteiger charge is -2.25. The molecule has 0 aliphatic carbocycles. The maximum absolute atomic E-state index is 6.40. The number of nitrogens with two attached hydrogens (primary N) is 2. The fourth-order valence-electron chi connectivity index (χ4n) is 7.35. The molecule has 0 radical (unpaired) electrons. The van der Waals surface area contributed by atoms with E-state index in [1.807, 2.05) is 66.7 Å². The van der Waals surface area contributed by atoms with Crippen LogP contribution >= 0.6 is 0 Å². The van der Waals surface area contributed by atoms with Crippen LogP contribution in [0.25, 0.3) is 33.4 Å². The van der Waals surface area contributed by atoms with Crippen molar-refractivity contribution in [2.45, 2.75) is 19.3 Å². The average molecular weight is 702 g/mol. The summed E-state index contributed by atoms with van der Waals surface area (Å²) in [5, 5.41) is 7.21. The molecule has 0 spiro atoms. The second-order valence-corrected chi connectivity index (χ2v) is 13.7. The predicted molar refractivity (Wildman–Crippen MR) is 225 cm³/mol. The number of rotatable bonds is 7. The van der Waals surface area contributed by atoms with E-state index in [9.17, 15) is 0 Å². The summed E-state index contributed by atoms with van der Waals surface area (Å²) in [5.74, 6) is 1.48. The molecule has 6 N–H and O–H groups in total. The monoisotopic (exact) mass is 701 g/mol. The lowest BCUT2D eigenvalue weighted by atomic mass is 9.93. The molecule has 2 atom stereocenters. The number of amidine groups is 2. The third-order valence-corrected chi connectivity index (χ3v) is 10.1. The fourth-order valence-corrected chi connectivity index (χ4v) is 7.35. The molecule has 2 heterocycles. The number of hydrogen-bond acceptors (Lipinski definition) is 7. The highest BCUT2D eigenvalue weighted by molar-refractivity contribution is 6.13. The Morgan fingerprint density at radius 2 is 1.13 bits per heavy atom. The van der Waals surface area contributed by atoms with E-state index in [0.717, 1.165) is 78.7 Å². The fraction of sp³-hybridized carbons (Fsp3) is 0.0638. The molecule has 0 amide bonds. The van der Waals surface area contributed by atoms with Crippen molar-refractivity contribution in [1.29, 1.82) is 0 Å². The summed E-state index contributed by atoms with van der Waals surface area (Å²) in [6, 6.07) is 58.4. The molecule has 0 fully saturated rings. The molecular weight excluding hydrogens is 663 g/mol. The summed E-state index contributed by atoms with van der Waals surface area (Å²) in [5.41, 5.74) is 26.9. The second kappa shape index (κ2) is 13.8. The Morgan fingerprint density at radius 1 is 0.519 bits per heavy atom. The first-order chi connectivity index (χ1) is 26.5. The maximum Gasteiger partial charge on any atom is 0.159 e. The van der Waals surface area contributed by atoms with Crippen molar-refractivity contribution in [1.82, 2.24) is 5.32 Å². The molecule has 7 nitrogen and oxygen atoms in total. The smallest absolute Gasteiger partial charge is 0.159 e. The lowest BCUT2D eigenvalue weighted by molar-refractivity contribution is 0.674. The van der Waals surface area contributed by atoms with E-state index < -0.39 is 0 Å². The Hall–Kier alpha value is -7.12. The summed E-state index contributed by atoms with van der Waals surface area (Å²) < 4.78 is 0. The van der Waals surface area contributed by atoms with Gasteiger partial charge in [-0.1, -0.05) is 121 Å². The van der Waals surface area contributed by atoms with E-state index in [4.69, 9.17) is 21.5 Å². The van der Waals surface area contributed by atoms with Crippen LogP contribution in [0.1, 0.15) is 29.8 Å². The minimum absolute atomic E-state index is 0.0967. The van der Waals surface area contributed by atoms with Gasteiger partial charge < -0.3 is 27.0 Å². The van der Waals surface area contributed by atoms with Gasteiger partial charge >= 0.3 is 0 Å². The molecule has 7 heteroatoms. The zero-order valence-electron chi connectivity index (χ0n) is 29.8. The van der Waals surface area contributed by atoms with Crippen LogP contribution in [0.15, 0.2) is 180 Å². The normalized spacial score (nSPS) is 16.1. The number of benzene rings is 7. The standard InChI is InChI=1S/C47H39N7/c1-30-50-43-27-20-37(31-16-21-38(48)22-17-31)28-44(43)54(30)40-24-18-32(19-25-40)41-26-23-39(49)29-42(41)33-12-14-36(15-13-33)47-52-45(34-8-4-2-5-9-34)51-46(53-47)35-10-6-3-7-11-35/h2-30,45,50H,48-49H2,1H3,(H,51,52,53). The van der Waals surface area contributed by atoms with Gasteiger partial charge in [-0.05, 0) is 94.4 Å². The largest absolute Gasteiger partial charge is 0.399 e. The van der Waals surface area contributed by atoms with Crippen LogP contribution in [0.3, 0.4) is 0 Å². The van der Waals surface area contributed by atoms with Gasteiger partial charge in [0.2, 0.25) is 0 Å². The van der Waals surface area contributed by atoms with Gasteiger partial charge in [-0.15, -0.1) is 0 Å². The molecule has 7 aromatic carbocycles. The van der Waals surface area contributed by atoms with Crippen molar-refractivity contribution in [3.05, 3.63) is 187 Å². The number of nitrogens with zero attached hydrogens (tertiary/aromatic N) is 3. The topological polar surface area (TPSA) is 104 Å². The van der Waals surface area contributed by atoms with Crippen LogP contribution in [0.2, 0.25) is 0 Å². The van der Waals surface area contributed by atoms with Crippen molar-refractivity contribution < 1.29 is 0 Å². The van der Waals surface area contributed by atoms with Gasteiger partial charge in [0.15, 0.2) is 5.84 Å². The highest BCUT2D eigenvalue weighted by Gasteiger charge is 2.27. The number of aliphatic imine (C=N–C) groups is 2. The molecule has 7 aromatic rings. The van der Waals surface area contributed by atoms with Crippen molar-refractivity contribution in [3.8, 4) is 33.4 Å². The third-order valence-electron chi connectivity index (χ3n) is 10.1. The maximum atomic E-state index is 6.40. The predicted octanol–water partition coefficient (Wildman–Crippen LogP) is 10.3. The van der Waals surface area contributed by atoms with Crippen LogP contribution in [0, 0.1) is 0 Å². The molecule has 0 bridgehead atoms. The molecule has 54 heavy (non-hydrogen) atoms. The van der Waals surface area contributed by atoms with E-state index >= 15 is 0 Å². The van der Waals surface area contributed by atoms with Gasteiger partial charge in [-0.25, -0.2) is 9.98 Å². The molecule has 262 valence electrons. The highest BCUT2D eigenvalue weighted by atomic mass is 15.3. The van der Waals surface area contributed by atoms with Gasteiger partial charge in [-0.2, -0.15) is 0 Å². The number of nitrogen functional groups attached to an aromatic ring is 2.